The van der Waals surface area contributed by atoms with E-state index in [0.29, 0.717) is 31.2 Å². The maximum Gasteiger partial charge on any atom is 0.241 e. The van der Waals surface area contributed by atoms with Gasteiger partial charge >= 0.3 is 0 Å². The standard InChI is InChI=1S/C18H23N5O3S2/c1-12-16(13(2)23(20-12)15-5-7-28(24,25)11-15)8-22(3)9-17-19-18(21-26-17)14-4-6-27-10-14/h4,6,10,15H,5,7-9,11H2,1-3H3/t15-/m1/s1. The number of sulfone groups is 1. The van der Waals surface area contributed by atoms with E-state index < -0.39 is 9.84 Å². The summed E-state index contributed by atoms with van der Waals surface area (Å²) in [5.41, 5.74) is 4.03. The Hall–Kier alpha value is -2.04. The number of aromatic nitrogens is 4. The Bertz CT molecular complexity index is 1070. The van der Waals surface area contributed by atoms with Gasteiger partial charge in [-0.3, -0.25) is 9.58 Å². The average Bonchev–Trinajstić information content (AvgIpc) is 3.39. The fourth-order valence-corrected chi connectivity index (χ4v) is 5.96. The van der Waals surface area contributed by atoms with E-state index in [-0.39, 0.29) is 17.5 Å². The summed E-state index contributed by atoms with van der Waals surface area (Å²) in [6.07, 6.45) is 0.632. The SMILES string of the molecule is Cc1nn([C@@H]2CCS(=O)(=O)C2)c(C)c1CN(C)Cc1nc(-c2ccsc2)no1. The lowest BCUT2D eigenvalue weighted by molar-refractivity contribution is 0.260. The quantitative estimate of drug-likeness (QED) is 0.604. The molecule has 10 heteroatoms. The number of thiophene rings is 1. The van der Waals surface area contributed by atoms with Crippen LogP contribution in [0, 0.1) is 13.8 Å². The molecule has 1 fully saturated rings. The van der Waals surface area contributed by atoms with Crippen molar-refractivity contribution >= 4 is 21.2 Å². The highest BCUT2D eigenvalue weighted by molar-refractivity contribution is 7.91. The molecule has 0 N–H and O–H groups in total. The minimum atomic E-state index is -2.94. The van der Waals surface area contributed by atoms with E-state index >= 15 is 0 Å². The molecule has 0 saturated carbocycles. The molecule has 8 nitrogen and oxygen atoms in total. The van der Waals surface area contributed by atoms with Crippen molar-refractivity contribution in [3.63, 3.8) is 0 Å². The lowest BCUT2D eigenvalue weighted by Gasteiger charge is -2.15. The lowest BCUT2D eigenvalue weighted by Crippen LogP contribution is -2.19. The highest BCUT2D eigenvalue weighted by Gasteiger charge is 2.31. The maximum absolute atomic E-state index is 11.8. The molecule has 0 radical (unpaired) electrons. The van der Waals surface area contributed by atoms with Crippen LogP contribution in [0.2, 0.25) is 0 Å². The van der Waals surface area contributed by atoms with Gasteiger partial charge in [-0.1, -0.05) is 5.16 Å². The van der Waals surface area contributed by atoms with Crippen LogP contribution in [0.1, 0.15) is 35.3 Å². The zero-order valence-corrected chi connectivity index (χ0v) is 17.8. The molecule has 1 aliphatic rings. The Morgan fingerprint density at radius 2 is 2.18 bits per heavy atom. The van der Waals surface area contributed by atoms with Crippen molar-refractivity contribution in [3.05, 3.63) is 39.7 Å². The monoisotopic (exact) mass is 421 g/mol. The molecule has 150 valence electrons. The molecule has 0 spiro atoms. The van der Waals surface area contributed by atoms with Crippen molar-refractivity contribution in [1.82, 2.24) is 24.8 Å². The molecular formula is C18H23N5O3S2. The van der Waals surface area contributed by atoms with E-state index in [2.05, 4.69) is 20.1 Å². The summed E-state index contributed by atoms with van der Waals surface area (Å²) < 4.78 is 30.9. The van der Waals surface area contributed by atoms with Gasteiger partial charge in [0.2, 0.25) is 11.7 Å². The Labute approximate surface area is 168 Å². The smallest absolute Gasteiger partial charge is 0.241 e. The van der Waals surface area contributed by atoms with Crippen molar-refractivity contribution in [2.24, 2.45) is 0 Å². The Morgan fingerprint density at radius 3 is 2.86 bits per heavy atom. The molecule has 0 amide bonds. The molecule has 0 bridgehead atoms. The second-order valence-corrected chi connectivity index (χ2v) is 10.4. The first-order valence-corrected chi connectivity index (χ1v) is 11.9. The molecule has 0 unspecified atom stereocenters. The van der Waals surface area contributed by atoms with E-state index in [1.165, 1.54) is 0 Å². The summed E-state index contributed by atoms with van der Waals surface area (Å²) in [6, 6.07) is 1.90. The number of aryl methyl sites for hydroxylation is 1. The van der Waals surface area contributed by atoms with Crippen LogP contribution in [0.5, 0.6) is 0 Å². The highest BCUT2D eigenvalue weighted by atomic mass is 32.2. The number of hydrogen-bond acceptors (Lipinski definition) is 8. The van der Waals surface area contributed by atoms with Gasteiger partial charge in [-0.25, -0.2) is 8.42 Å². The third-order valence-corrected chi connectivity index (χ3v) is 7.54. The average molecular weight is 422 g/mol. The zero-order chi connectivity index (χ0) is 19.9. The van der Waals surface area contributed by atoms with Crippen molar-refractivity contribution < 1.29 is 12.9 Å². The second-order valence-electron chi connectivity index (χ2n) is 7.35. The number of rotatable bonds is 6. The van der Waals surface area contributed by atoms with Crippen LogP contribution in [-0.4, -0.2) is 51.8 Å². The van der Waals surface area contributed by atoms with Gasteiger partial charge in [0.05, 0.1) is 29.8 Å². The third-order valence-electron chi connectivity index (χ3n) is 5.11. The van der Waals surface area contributed by atoms with E-state index in [4.69, 9.17) is 4.52 Å². The van der Waals surface area contributed by atoms with Gasteiger partial charge in [0.15, 0.2) is 9.84 Å². The minimum absolute atomic E-state index is 0.0631. The fraction of sp³-hybridized carbons (Fsp3) is 0.500. The highest BCUT2D eigenvalue weighted by Crippen LogP contribution is 2.27. The summed E-state index contributed by atoms with van der Waals surface area (Å²) in [7, 11) is -0.951. The minimum Gasteiger partial charge on any atom is -0.338 e. The molecule has 1 saturated heterocycles. The van der Waals surface area contributed by atoms with Crippen LogP contribution in [0.15, 0.2) is 21.3 Å². The van der Waals surface area contributed by atoms with E-state index in [1.54, 1.807) is 11.3 Å². The van der Waals surface area contributed by atoms with Gasteiger partial charge in [-0.05, 0) is 38.8 Å². The Kier molecular flexibility index (Phi) is 5.11. The van der Waals surface area contributed by atoms with Crippen LogP contribution in [0.4, 0.5) is 0 Å². The number of nitrogens with zero attached hydrogens (tertiary/aromatic N) is 5. The predicted octanol–water partition coefficient (Wildman–Crippen LogP) is 2.60. The Balaban J connectivity index is 1.45. The molecule has 3 aromatic heterocycles. The maximum atomic E-state index is 11.8. The summed E-state index contributed by atoms with van der Waals surface area (Å²) in [4.78, 5) is 6.56. The molecular weight excluding hydrogens is 398 g/mol. The molecule has 1 atom stereocenters. The van der Waals surface area contributed by atoms with Crippen LogP contribution in [0.25, 0.3) is 11.4 Å². The van der Waals surface area contributed by atoms with Crippen molar-refractivity contribution in [2.75, 3.05) is 18.6 Å². The molecule has 3 aromatic rings. The molecule has 28 heavy (non-hydrogen) atoms. The summed E-state index contributed by atoms with van der Waals surface area (Å²) in [6.45, 7) is 5.18. The predicted molar refractivity (Wildman–Crippen MR) is 107 cm³/mol. The van der Waals surface area contributed by atoms with Gasteiger partial charge in [-0.2, -0.15) is 21.4 Å². The number of hydrogen-bond donors (Lipinski definition) is 0. The fourth-order valence-electron chi connectivity index (χ4n) is 3.63. The zero-order valence-electron chi connectivity index (χ0n) is 16.1. The molecule has 4 heterocycles. The largest absolute Gasteiger partial charge is 0.338 e. The topological polar surface area (TPSA) is 94.1 Å². The van der Waals surface area contributed by atoms with Crippen molar-refractivity contribution in [3.8, 4) is 11.4 Å². The lowest BCUT2D eigenvalue weighted by atomic mass is 10.1. The van der Waals surface area contributed by atoms with Gasteiger partial charge in [0.1, 0.15) is 0 Å². The van der Waals surface area contributed by atoms with E-state index in [9.17, 15) is 8.42 Å². The van der Waals surface area contributed by atoms with Crippen LogP contribution < -0.4 is 0 Å². The first-order valence-electron chi connectivity index (χ1n) is 9.11. The summed E-state index contributed by atoms with van der Waals surface area (Å²) in [5, 5.41) is 12.6. The molecule has 4 rings (SSSR count). The Morgan fingerprint density at radius 1 is 1.36 bits per heavy atom. The van der Waals surface area contributed by atoms with Gasteiger partial charge in [-0.15, -0.1) is 0 Å². The van der Waals surface area contributed by atoms with E-state index in [0.717, 1.165) is 22.5 Å². The van der Waals surface area contributed by atoms with Crippen molar-refractivity contribution in [1.29, 1.82) is 0 Å². The van der Waals surface area contributed by atoms with Crippen LogP contribution >= 0.6 is 11.3 Å². The summed E-state index contributed by atoms with van der Waals surface area (Å²) in [5.74, 6) is 1.59. The van der Waals surface area contributed by atoms with E-state index in [1.807, 2.05) is 42.4 Å². The third kappa shape index (κ3) is 3.89. The van der Waals surface area contributed by atoms with Crippen molar-refractivity contribution in [2.45, 2.75) is 39.4 Å². The van der Waals surface area contributed by atoms with Crippen LogP contribution in [0.3, 0.4) is 0 Å². The summed E-state index contributed by atoms with van der Waals surface area (Å²) >= 11 is 1.60. The normalized spacial score (nSPS) is 18.9. The first-order chi connectivity index (χ1) is 13.3. The van der Waals surface area contributed by atoms with Gasteiger partial charge in [0, 0.05) is 28.7 Å². The molecule has 0 aliphatic carbocycles. The first kappa shape index (κ1) is 19.3. The molecule has 0 aromatic carbocycles. The van der Waals surface area contributed by atoms with Crippen LogP contribution in [-0.2, 0) is 22.9 Å². The molecule has 1 aliphatic heterocycles. The van der Waals surface area contributed by atoms with Gasteiger partial charge < -0.3 is 4.52 Å². The van der Waals surface area contributed by atoms with Gasteiger partial charge in [0.25, 0.3) is 0 Å². The second kappa shape index (κ2) is 7.41.